The first-order chi connectivity index (χ1) is 34.1. The van der Waals surface area contributed by atoms with Gasteiger partial charge in [-0.3, -0.25) is 9.13 Å². The highest BCUT2D eigenvalue weighted by molar-refractivity contribution is 7.74. The van der Waals surface area contributed by atoms with Crippen LogP contribution in [-0.2, 0) is 52.5 Å². The molecule has 5 aromatic carbocycles. The van der Waals surface area contributed by atoms with Crippen LogP contribution in [0.15, 0.2) is 91.0 Å². The van der Waals surface area contributed by atoms with Crippen molar-refractivity contribution in [2.75, 3.05) is 0 Å². The van der Waals surface area contributed by atoms with Gasteiger partial charge in [0, 0.05) is 11.5 Å². The van der Waals surface area contributed by atoms with Gasteiger partial charge < -0.3 is 19.6 Å². The highest BCUT2D eigenvalue weighted by atomic mass is 31.2. The lowest BCUT2D eigenvalue weighted by Crippen LogP contribution is -2.42. The lowest BCUT2D eigenvalue weighted by molar-refractivity contribution is 0.336. The van der Waals surface area contributed by atoms with Crippen molar-refractivity contribution in [3.63, 3.8) is 0 Å². The monoisotopic (exact) mass is 1070 g/mol. The Morgan fingerprint density at radius 3 is 1.04 bits per heavy atom. The average Bonchev–Trinajstić information content (AvgIpc) is 3.23. The maximum Gasteiger partial charge on any atom is 0.352 e. The lowest BCUT2D eigenvalue weighted by Gasteiger charge is -2.53. The molecule has 2 aliphatic carbocycles. The third-order valence-corrected chi connectivity index (χ3v) is 20.4. The van der Waals surface area contributed by atoms with Crippen LogP contribution in [0.25, 0.3) is 33.4 Å². The molecule has 5 aromatic rings. The van der Waals surface area contributed by atoms with Crippen LogP contribution in [0.3, 0.4) is 0 Å². The second kappa shape index (κ2) is 18.5. The van der Waals surface area contributed by atoms with E-state index >= 15 is 9.13 Å². The SMILES string of the molecule is CC(C)(C)c1ccc(C2=C(c3ccc(C(C)(C)C)cc3C(C)(C)C)C(P(=O)(O)O)(P(=O)(O)O)C3=C(c4cccc(-c5ccc(C(C)(C)C)cc5C(C)(C)C)c43)C2c2ccc(C(C)(C)C)cc2C(C)(C)C)c(C(C)(C)C)c1. The van der Waals surface area contributed by atoms with Gasteiger partial charge in [0.15, 0.2) is 0 Å². The fourth-order valence-corrected chi connectivity index (χ4v) is 15.4. The van der Waals surface area contributed by atoms with E-state index in [0.717, 1.165) is 61.2 Å². The molecule has 0 bridgehead atoms. The third-order valence-electron chi connectivity index (χ3n) is 16.2. The van der Waals surface area contributed by atoms with Gasteiger partial charge in [0.05, 0.1) is 0 Å². The second-order valence-corrected chi connectivity index (χ2v) is 34.5. The minimum Gasteiger partial charge on any atom is -0.323 e. The summed E-state index contributed by atoms with van der Waals surface area (Å²) in [7, 11) is -12.1. The fourth-order valence-electron chi connectivity index (χ4n) is 11.9. The summed E-state index contributed by atoms with van der Waals surface area (Å²) in [5.41, 5.74) is 10.8. The quantitative estimate of drug-likeness (QED) is 0.126. The van der Waals surface area contributed by atoms with Crippen molar-refractivity contribution < 1.29 is 28.7 Å². The summed E-state index contributed by atoms with van der Waals surface area (Å²) >= 11 is 0. The van der Waals surface area contributed by atoms with Gasteiger partial charge in [0.1, 0.15) is 0 Å². The Balaban J connectivity index is 1.90. The van der Waals surface area contributed by atoms with Gasteiger partial charge >= 0.3 is 15.2 Å². The second-order valence-electron chi connectivity index (χ2n) is 30.6. The minimum atomic E-state index is -6.04. The molecule has 6 nitrogen and oxygen atoms in total. The molecule has 0 amide bonds. The van der Waals surface area contributed by atoms with Crippen LogP contribution >= 0.6 is 15.2 Å². The molecule has 0 saturated carbocycles. The predicted octanol–water partition coefficient (Wildman–Crippen LogP) is 18.4. The Hall–Kier alpha value is -4.12. The standard InChI is InChI=1S/C68H92O6P2/c1-60(2,3)40-28-32-44(50(36-40)64(13,14)15)45-26-25-27-49-54(45)59-57(49)55(46-33-29-41(61(4,5)6)37-51(46)65(16,17)18)56(47-34-30-42(62(7,8)9)38-52(47)66(19,20)21)58(68(59,75(69,70)71)76(72,73)74)48-35-31-43(63(10,11)12)39-53(48)67(22,23)24/h25-39,55H,1-24H3,(H2,69,70,71)(H2,72,73,74). The van der Waals surface area contributed by atoms with Crippen molar-refractivity contribution >= 4 is 37.5 Å². The Morgan fingerprint density at radius 2 is 0.658 bits per heavy atom. The van der Waals surface area contributed by atoms with Gasteiger partial charge in [0.2, 0.25) is 4.90 Å². The van der Waals surface area contributed by atoms with Crippen LogP contribution in [0.2, 0.25) is 0 Å². The molecule has 0 saturated heterocycles. The number of hydrogen-bond donors (Lipinski definition) is 4. The zero-order valence-corrected chi connectivity index (χ0v) is 52.5. The molecule has 0 aliphatic heterocycles. The molecule has 0 spiro atoms. The molecule has 410 valence electrons. The van der Waals surface area contributed by atoms with E-state index in [2.05, 4.69) is 227 Å². The average molecular weight is 1070 g/mol. The summed E-state index contributed by atoms with van der Waals surface area (Å²) in [5, 5.41) is 0. The van der Waals surface area contributed by atoms with Crippen molar-refractivity contribution in [2.24, 2.45) is 0 Å². The van der Waals surface area contributed by atoms with E-state index in [4.69, 9.17) is 0 Å². The first-order valence-corrected chi connectivity index (χ1v) is 30.6. The van der Waals surface area contributed by atoms with Crippen molar-refractivity contribution in [3.8, 4) is 11.1 Å². The molecule has 0 aromatic heterocycles. The molecule has 0 heterocycles. The van der Waals surface area contributed by atoms with Crippen LogP contribution < -0.4 is 0 Å². The molecule has 8 heteroatoms. The Bertz CT molecular complexity index is 3290. The summed E-state index contributed by atoms with van der Waals surface area (Å²) in [6, 6.07) is 31.6. The van der Waals surface area contributed by atoms with E-state index in [0.29, 0.717) is 33.4 Å². The molecule has 76 heavy (non-hydrogen) atoms. The smallest absolute Gasteiger partial charge is 0.323 e. The predicted molar refractivity (Wildman–Crippen MR) is 324 cm³/mol. The first-order valence-electron chi connectivity index (χ1n) is 27.4. The van der Waals surface area contributed by atoms with E-state index in [1.165, 1.54) is 0 Å². The van der Waals surface area contributed by atoms with Crippen molar-refractivity contribution in [1.29, 1.82) is 0 Å². The van der Waals surface area contributed by atoms with Gasteiger partial charge in [-0.15, -0.1) is 0 Å². The van der Waals surface area contributed by atoms with E-state index in [1.54, 1.807) is 0 Å². The van der Waals surface area contributed by atoms with Gasteiger partial charge in [0.25, 0.3) is 0 Å². The largest absolute Gasteiger partial charge is 0.352 e. The normalized spacial score (nSPS) is 17.2. The molecular formula is C68H92O6P2. The van der Waals surface area contributed by atoms with Crippen molar-refractivity contribution in [3.05, 3.63) is 163 Å². The Kier molecular flexibility index (Phi) is 14.5. The number of benzene rings is 5. The number of rotatable bonds is 6. The summed E-state index contributed by atoms with van der Waals surface area (Å²) in [5.74, 6) is -0.760. The number of allylic oxidation sites excluding steroid dienone is 4. The van der Waals surface area contributed by atoms with Gasteiger partial charge in [-0.2, -0.15) is 0 Å². The summed E-state index contributed by atoms with van der Waals surface area (Å²) < 4.78 is 31.9. The van der Waals surface area contributed by atoms with E-state index in [1.807, 2.05) is 30.3 Å². The van der Waals surface area contributed by atoms with Crippen LogP contribution in [0.1, 0.15) is 244 Å². The minimum absolute atomic E-state index is 0.0170. The van der Waals surface area contributed by atoms with E-state index < -0.39 is 47.7 Å². The summed E-state index contributed by atoms with van der Waals surface area (Å²) in [6.45, 7) is 51.9. The molecule has 7 rings (SSSR count). The molecular weight excluding hydrogens is 975 g/mol. The van der Waals surface area contributed by atoms with Gasteiger partial charge in [-0.05, 0) is 143 Å². The molecule has 0 radical (unpaired) electrons. The number of hydrogen-bond acceptors (Lipinski definition) is 2. The summed E-state index contributed by atoms with van der Waals surface area (Å²) in [6.07, 6.45) is 0. The lowest BCUT2D eigenvalue weighted by atomic mass is 9.57. The summed E-state index contributed by atoms with van der Waals surface area (Å²) in [4.78, 5) is 48.5. The zero-order valence-electron chi connectivity index (χ0n) is 50.7. The molecule has 1 atom stereocenters. The first kappa shape index (κ1) is 59.5. The van der Waals surface area contributed by atoms with Crippen LogP contribution in [0.4, 0.5) is 0 Å². The zero-order chi connectivity index (χ0) is 57.7. The van der Waals surface area contributed by atoms with Gasteiger partial charge in [-0.1, -0.05) is 257 Å². The van der Waals surface area contributed by atoms with Gasteiger partial charge in [-0.25, -0.2) is 0 Å². The molecule has 2 aliphatic rings. The van der Waals surface area contributed by atoms with Crippen LogP contribution in [-0.4, -0.2) is 24.5 Å². The molecule has 1 unspecified atom stereocenters. The third kappa shape index (κ3) is 10.2. The maximum atomic E-state index is 16.0. The van der Waals surface area contributed by atoms with Crippen molar-refractivity contribution in [1.82, 2.24) is 0 Å². The number of fused-ring (bicyclic) bond motifs is 3. The fraction of sp³-hybridized carbons (Fsp3) is 0.500. The highest BCUT2D eigenvalue weighted by Crippen LogP contribution is 2.85. The topological polar surface area (TPSA) is 115 Å². The Morgan fingerprint density at radius 1 is 0.342 bits per heavy atom. The Labute approximate surface area is 458 Å². The maximum absolute atomic E-state index is 16.0. The van der Waals surface area contributed by atoms with E-state index in [-0.39, 0.29) is 32.8 Å². The molecule has 0 fully saturated rings. The van der Waals surface area contributed by atoms with E-state index in [9.17, 15) is 19.6 Å². The van der Waals surface area contributed by atoms with Crippen LogP contribution in [0.5, 0.6) is 0 Å². The van der Waals surface area contributed by atoms with Crippen molar-refractivity contribution in [2.45, 2.75) is 220 Å². The van der Waals surface area contributed by atoms with Crippen LogP contribution in [0, 0.1) is 0 Å². The highest BCUT2D eigenvalue weighted by Gasteiger charge is 2.71. The molecule has 4 N–H and O–H groups in total.